The molecule has 1 atom stereocenters. The maximum Gasteiger partial charge on any atom is 0.278 e. The lowest BCUT2D eigenvalue weighted by atomic mass is 10.0. The van der Waals surface area contributed by atoms with Crippen LogP contribution in [0.25, 0.3) is 5.69 Å². The van der Waals surface area contributed by atoms with E-state index in [1.165, 1.54) is 16.4 Å². The lowest BCUT2D eigenvalue weighted by Crippen LogP contribution is -2.45. The average molecular weight is 365 g/mol. The van der Waals surface area contributed by atoms with Crippen LogP contribution in [0, 0.1) is 0 Å². The molecule has 0 spiro atoms. The van der Waals surface area contributed by atoms with Gasteiger partial charge in [-0.1, -0.05) is 26.0 Å². The van der Waals surface area contributed by atoms with Gasteiger partial charge in [-0.25, -0.2) is 4.68 Å². The lowest BCUT2D eigenvalue weighted by Gasteiger charge is -2.30. The number of benzene rings is 1. The number of nitrogens with two attached hydrogens (primary N) is 1. The number of amides is 1. The summed E-state index contributed by atoms with van der Waals surface area (Å²) < 4.78 is 1.54. The molecule has 1 aromatic carbocycles. The van der Waals surface area contributed by atoms with Gasteiger partial charge in [-0.3, -0.25) is 4.79 Å². The zero-order chi connectivity index (χ0) is 17.3. The fourth-order valence-electron chi connectivity index (χ4n) is 3.01. The van der Waals surface area contributed by atoms with Gasteiger partial charge in [0.15, 0.2) is 11.4 Å². The Morgan fingerprint density at radius 2 is 2.00 bits per heavy atom. The molecule has 1 unspecified atom stereocenters. The molecule has 1 amide bonds. The Labute approximate surface area is 154 Å². The number of aromatic hydroxyl groups is 1. The van der Waals surface area contributed by atoms with Gasteiger partial charge in [-0.05, 0) is 36.5 Å². The van der Waals surface area contributed by atoms with Crippen molar-refractivity contribution in [2.45, 2.75) is 38.6 Å². The highest BCUT2D eigenvalue weighted by molar-refractivity contribution is 5.95. The van der Waals surface area contributed by atoms with Crippen LogP contribution < -0.4 is 5.73 Å². The molecular formula is C18H25ClN4O2. The van der Waals surface area contributed by atoms with Gasteiger partial charge in [0.2, 0.25) is 0 Å². The zero-order valence-corrected chi connectivity index (χ0v) is 15.4. The fourth-order valence-corrected chi connectivity index (χ4v) is 3.01. The highest BCUT2D eigenvalue weighted by Crippen LogP contribution is 2.22. The van der Waals surface area contributed by atoms with E-state index >= 15 is 0 Å². The number of hydrogen-bond donors (Lipinski definition) is 2. The summed E-state index contributed by atoms with van der Waals surface area (Å²) in [5, 5.41) is 14.4. The van der Waals surface area contributed by atoms with Crippen LogP contribution in [0.1, 0.15) is 48.7 Å². The van der Waals surface area contributed by atoms with Crippen LogP contribution in [0.15, 0.2) is 30.5 Å². The third-order valence-corrected chi connectivity index (χ3v) is 4.47. The molecule has 0 saturated carbocycles. The molecule has 7 heteroatoms. The normalized spacial score (nSPS) is 17.4. The minimum Gasteiger partial charge on any atom is -0.504 e. The van der Waals surface area contributed by atoms with Gasteiger partial charge in [0, 0.05) is 19.1 Å². The number of carbonyl (C=O) groups is 1. The molecule has 2 aromatic rings. The number of aromatic nitrogens is 2. The number of halogens is 1. The second kappa shape index (κ2) is 7.89. The Balaban J connectivity index is 0.00000225. The number of likely N-dealkylation sites (tertiary alicyclic amines) is 1. The number of hydrogen-bond acceptors (Lipinski definition) is 4. The number of piperidine rings is 1. The first-order chi connectivity index (χ1) is 11.5. The quantitative estimate of drug-likeness (QED) is 0.876. The molecule has 1 aliphatic heterocycles. The van der Waals surface area contributed by atoms with Gasteiger partial charge in [0.1, 0.15) is 0 Å². The summed E-state index contributed by atoms with van der Waals surface area (Å²) in [6.07, 6.45) is 3.28. The van der Waals surface area contributed by atoms with Gasteiger partial charge in [-0.2, -0.15) is 5.10 Å². The van der Waals surface area contributed by atoms with E-state index in [4.69, 9.17) is 5.73 Å². The van der Waals surface area contributed by atoms with E-state index in [1.54, 1.807) is 4.90 Å². The molecule has 3 N–H and O–H groups in total. The monoisotopic (exact) mass is 364 g/mol. The minimum absolute atomic E-state index is 0. The van der Waals surface area contributed by atoms with Gasteiger partial charge >= 0.3 is 0 Å². The summed E-state index contributed by atoms with van der Waals surface area (Å²) in [6, 6.07) is 7.93. The largest absolute Gasteiger partial charge is 0.504 e. The number of carbonyl (C=O) groups excluding carboxylic acids is 1. The van der Waals surface area contributed by atoms with E-state index < -0.39 is 0 Å². The molecule has 1 aromatic heterocycles. The molecular weight excluding hydrogens is 340 g/mol. The van der Waals surface area contributed by atoms with Crippen LogP contribution in [0.3, 0.4) is 0 Å². The van der Waals surface area contributed by atoms with Gasteiger partial charge in [0.05, 0.1) is 11.9 Å². The maximum atomic E-state index is 12.6. The van der Waals surface area contributed by atoms with Crippen molar-refractivity contribution in [1.82, 2.24) is 14.7 Å². The van der Waals surface area contributed by atoms with Gasteiger partial charge in [0.25, 0.3) is 5.91 Å². The molecule has 1 saturated heterocycles. The van der Waals surface area contributed by atoms with Crippen molar-refractivity contribution in [3.05, 3.63) is 41.7 Å². The summed E-state index contributed by atoms with van der Waals surface area (Å²) in [6.45, 7) is 5.43. The van der Waals surface area contributed by atoms with Crippen LogP contribution in [-0.4, -0.2) is 44.8 Å². The summed E-state index contributed by atoms with van der Waals surface area (Å²) in [5.41, 5.74) is 8.05. The maximum absolute atomic E-state index is 12.6. The van der Waals surface area contributed by atoms with E-state index in [0.29, 0.717) is 19.0 Å². The van der Waals surface area contributed by atoms with Gasteiger partial charge < -0.3 is 15.7 Å². The predicted molar refractivity (Wildman–Crippen MR) is 99.7 cm³/mol. The summed E-state index contributed by atoms with van der Waals surface area (Å²) >= 11 is 0. The highest BCUT2D eigenvalue weighted by Gasteiger charge is 2.26. The van der Waals surface area contributed by atoms with Crippen LogP contribution in [0.2, 0.25) is 0 Å². The number of rotatable bonds is 3. The fraction of sp³-hybridized carbons (Fsp3) is 0.444. The van der Waals surface area contributed by atoms with Crippen molar-refractivity contribution in [3.8, 4) is 11.4 Å². The summed E-state index contributed by atoms with van der Waals surface area (Å²) in [4.78, 5) is 14.3. The van der Waals surface area contributed by atoms with Crippen molar-refractivity contribution in [3.63, 3.8) is 0 Å². The molecule has 0 aliphatic carbocycles. The Hall–Kier alpha value is -2.05. The van der Waals surface area contributed by atoms with Crippen molar-refractivity contribution in [2.24, 2.45) is 5.73 Å². The minimum atomic E-state index is -0.264. The molecule has 6 nitrogen and oxygen atoms in total. The standard InChI is InChI=1S/C18H24N4O2.ClH/c1-12(2)13-5-7-15(8-6-13)22-11-16(23)17(20-22)18(24)21-9-3-4-14(19)10-21;/h5-8,11-12,14,23H,3-4,9-10,19H2,1-2H3;1H. The third kappa shape index (κ3) is 4.14. The van der Waals surface area contributed by atoms with Crippen molar-refractivity contribution in [2.75, 3.05) is 13.1 Å². The second-order valence-electron chi connectivity index (χ2n) is 6.71. The molecule has 136 valence electrons. The number of nitrogens with zero attached hydrogens (tertiary/aromatic N) is 3. The first kappa shape index (κ1) is 19.3. The molecule has 2 heterocycles. The molecule has 1 aliphatic rings. The smallest absolute Gasteiger partial charge is 0.278 e. The van der Waals surface area contributed by atoms with E-state index in [1.807, 2.05) is 24.3 Å². The zero-order valence-electron chi connectivity index (χ0n) is 14.6. The van der Waals surface area contributed by atoms with E-state index in [-0.39, 0.29) is 35.8 Å². The molecule has 25 heavy (non-hydrogen) atoms. The van der Waals surface area contributed by atoms with E-state index in [0.717, 1.165) is 18.5 Å². The Morgan fingerprint density at radius 1 is 1.32 bits per heavy atom. The van der Waals surface area contributed by atoms with E-state index in [2.05, 4.69) is 18.9 Å². The van der Waals surface area contributed by atoms with Gasteiger partial charge in [-0.15, -0.1) is 12.4 Å². The lowest BCUT2D eigenvalue weighted by molar-refractivity contribution is 0.0699. The van der Waals surface area contributed by atoms with E-state index in [9.17, 15) is 9.90 Å². The Kier molecular flexibility index (Phi) is 6.08. The van der Waals surface area contributed by atoms with Crippen LogP contribution >= 0.6 is 12.4 Å². The average Bonchev–Trinajstić information content (AvgIpc) is 2.96. The van der Waals surface area contributed by atoms with Crippen molar-refractivity contribution in [1.29, 1.82) is 0 Å². The Morgan fingerprint density at radius 3 is 2.60 bits per heavy atom. The topological polar surface area (TPSA) is 84.4 Å². The van der Waals surface area contributed by atoms with Crippen LogP contribution in [0.4, 0.5) is 0 Å². The molecule has 1 fully saturated rings. The van der Waals surface area contributed by atoms with Crippen LogP contribution in [-0.2, 0) is 0 Å². The third-order valence-electron chi connectivity index (χ3n) is 4.47. The molecule has 0 radical (unpaired) electrons. The first-order valence-corrected chi connectivity index (χ1v) is 8.39. The van der Waals surface area contributed by atoms with Crippen LogP contribution in [0.5, 0.6) is 5.75 Å². The molecule has 3 rings (SSSR count). The highest BCUT2D eigenvalue weighted by atomic mass is 35.5. The second-order valence-corrected chi connectivity index (χ2v) is 6.71. The van der Waals surface area contributed by atoms with Crippen molar-refractivity contribution >= 4 is 18.3 Å². The Bertz CT molecular complexity index is 727. The van der Waals surface area contributed by atoms with Crippen molar-refractivity contribution < 1.29 is 9.90 Å². The SMILES string of the molecule is CC(C)c1ccc(-n2cc(O)c(C(=O)N3CCCC(N)C3)n2)cc1.Cl. The first-order valence-electron chi connectivity index (χ1n) is 8.39. The predicted octanol–water partition coefficient (Wildman–Crippen LogP) is 2.69. The summed E-state index contributed by atoms with van der Waals surface area (Å²) in [5.74, 6) is 0.0813. The summed E-state index contributed by atoms with van der Waals surface area (Å²) in [7, 11) is 0. The molecule has 0 bridgehead atoms.